The van der Waals surface area contributed by atoms with Gasteiger partial charge in [-0.25, -0.2) is 4.98 Å². The molecule has 1 aromatic heterocycles. The van der Waals surface area contributed by atoms with E-state index in [0.717, 1.165) is 31.0 Å². The lowest BCUT2D eigenvalue weighted by Gasteiger charge is -2.45. The molecule has 2 heterocycles. The average molecular weight is 248 g/mol. The van der Waals surface area contributed by atoms with E-state index >= 15 is 0 Å². The minimum absolute atomic E-state index is 0.0622. The predicted molar refractivity (Wildman–Crippen MR) is 75.8 cm³/mol. The lowest BCUT2D eigenvalue weighted by Crippen LogP contribution is -2.57. The van der Waals surface area contributed by atoms with Crippen LogP contribution in [0.2, 0.25) is 0 Å². The fourth-order valence-electron chi connectivity index (χ4n) is 2.33. The Balaban J connectivity index is 2.19. The molecular weight excluding hydrogens is 224 g/mol. The first-order chi connectivity index (χ1) is 8.40. The molecule has 18 heavy (non-hydrogen) atoms. The minimum atomic E-state index is 0.0622. The van der Waals surface area contributed by atoms with Crippen LogP contribution in [0.4, 0.5) is 5.82 Å². The second-order valence-corrected chi connectivity index (χ2v) is 5.89. The summed E-state index contributed by atoms with van der Waals surface area (Å²) in [5.41, 5.74) is 7.27. The Morgan fingerprint density at radius 2 is 2.11 bits per heavy atom. The quantitative estimate of drug-likeness (QED) is 0.864. The molecule has 0 saturated carbocycles. The molecule has 0 amide bonds. The fourth-order valence-corrected chi connectivity index (χ4v) is 2.33. The number of piperazine rings is 1. The van der Waals surface area contributed by atoms with E-state index in [4.69, 9.17) is 5.73 Å². The second kappa shape index (κ2) is 4.86. The van der Waals surface area contributed by atoms with Gasteiger partial charge in [0, 0.05) is 37.4 Å². The molecule has 0 aliphatic carbocycles. The smallest absolute Gasteiger partial charge is 0.128 e. The summed E-state index contributed by atoms with van der Waals surface area (Å²) in [6.45, 7) is 9.64. The van der Waals surface area contributed by atoms with Crippen molar-refractivity contribution in [3.05, 3.63) is 23.9 Å². The van der Waals surface area contributed by atoms with Crippen LogP contribution in [0.25, 0.3) is 0 Å². The van der Waals surface area contributed by atoms with Gasteiger partial charge in [-0.05, 0) is 45.5 Å². The van der Waals surface area contributed by atoms with Crippen molar-refractivity contribution in [1.29, 1.82) is 0 Å². The van der Waals surface area contributed by atoms with Gasteiger partial charge in [0.05, 0.1) is 0 Å². The topological polar surface area (TPSA) is 45.4 Å². The highest BCUT2D eigenvalue weighted by atomic mass is 15.3. The highest BCUT2D eigenvalue weighted by Gasteiger charge is 2.31. The van der Waals surface area contributed by atoms with E-state index < -0.39 is 0 Å². The molecule has 1 saturated heterocycles. The number of hydrogen-bond donors (Lipinski definition) is 1. The molecule has 1 aliphatic heterocycles. The molecule has 0 unspecified atom stereocenters. The maximum absolute atomic E-state index is 5.93. The zero-order valence-corrected chi connectivity index (χ0v) is 11.8. The first-order valence-electron chi connectivity index (χ1n) is 6.58. The molecule has 1 fully saturated rings. The molecule has 1 atom stereocenters. The van der Waals surface area contributed by atoms with Crippen LogP contribution >= 0.6 is 0 Å². The third-order valence-corrected chi connectivity index (χ3v) is 3.94. The predicted octanol–water partition coefficient (Wildman–Crippen LogP) is 1.63. The van der Waals surface area contributed by atoms with E-state index in [1.165, 1.54) is 0 Å². The van der Waals surface area contributed by atoms with Crippen LogP contribution in [-0.4, -0.2) is 42.1 Å². The van der Waals surface area contributed by atoms with Gasteiger partial charge in [0.15, 0.2) is 0 Å². The van der Waals surface area contributed by atoms with Gasteiger partial charge in [-0.15, -0.1) is 0 Å². The van der Waals surface area contributed by atoms with E-state index in [1.807, 2.05) is 19.2 Å². The highest BCUT2D eigenvalue weighted by Crippen LogP contribution is 2.24. The van der Waals surface area contributed by atoms with Crippen LogP contribution < -0.4 is 10.6 Å². The Kier molecular flexibility index (Phi) is 3.59. The molecule has 0 radical (unpaired) electrons. The molecule has 2 N–H and O–H groups in total. The van der Waals surface area contributed by atoms with E-state index in [9.17, 15) is 0 Å². The summed E-state index contributed by atoms with van der Waals surface area (Å²) in [6, 6.07) is 4.17. The number of nitrogens with zero attached hydrogens (tertiary/aromatic N) is 3. The Morgan fingerprint density at radius 1 is 1.39 bits per heavy atom. The number of anilines is 1. The van der Waals surface area contributed by atoms with Crippen molar-refractivity contribution >= 4 is 5.82 Å². The lowest BCUT2D eigenvalue weighted by atomic mass is 9.99. The molecule has 2 rings (SSSR count). The SMILES string of the molecule is C[C@@H](N)c1ccnc(N2CCN(C)C(C)(C)C2)c1. The Morgan fingerprint density at radius 3 is 2.72 bits per heavy atom. The van der Waals surface area contributed by atoms with Crippen molar-refractivity contribution in [2.75, 3.05) is 31.6 Å². The zero-order chi connectivity index (χ0) is 13.3. The third kappa shape index (κ3) is 2.65. The molecular formula is C14H24N4. The lowest BCUT2D eigenvalue weighted by molar-refractivity contribution is 0.138. The zero-order valence-electron chi connectivity index (χ0n) is 11.8. The van der Waals surface area contributed by atoms with Gasteiger partial charge >= 0.3 is 0 Å². The third-order valence-electron chi connectivity index (χ3n) is 3.94. The Bertz CT molecular complexity index is 414. The van der Waals surface area contributed by atoms with E-state index in [0.29, 0.717) is 0 Å². The van der Waals surface area contributed by atoms with Gasteiger partial charge in [0.2, 0.25) is 0 Å². The number of likely N-dealkylation sites (N-methyl/N-ethyl adjacent to an activating group) is 1. The number of rotatable bonds is 2. The van der Waals surface area contributed by atoms with Crippen molar-refractivity contribution in [2.24, 2.45) is 5.73 Å². The molecule has 1 aromatic rings. The maximum atomic E-state index is 5.93. The summed E-state index contributed by atoms with van der Waals surface area (Å²) in [4.78, 5) is 9.24. The summed E-state index contributed by atoms with van der Waals surface area (Å²) in [5, 5.41) is 0. The molecule has 4 nitrogen and oxygen atoms in total. The Labute approximate surface area is 110 Å². The highest BCUT2D eigenvalue weighted by molar-refractivity contribution is 5.43. The molecule has 100 valence electrons. The first-order valence-corrected chi connectivity index (χ1v) is 6.58. The standard InChI is InChI=1S/C14H24N4/c1-11(15)12-5-6-16-13(9-12)18-8-7-17(4)14(2,3)10-18/h5-6,9,11H,7-8,10,15H2,1-4H3/t11-/m1/s1. The molecule has 4 heteroatoms. The first kappa shape index (κ1) is 13.3. The number of pyridine rings is 1. The number of aromatic nitrogens is 1. The van der Waals surface area contributed by atoms with Crippen LogP contribution in [0.1, 0.15) is 32.4 Å². The van der Waals surface area contributed by atoms with Crippen molar-refractivity contribution < 1.29 is 0 Å². The summed E-state index contributed by atoms with van der Waals surface area (Å²) in [5.74, 6) is 1.05. The summed E-state index contributed by atoms with van der Waals surface area (Å²) in [7, 11) is 2.18. The van der Waals surface area contributed by atoms with E-state index in [1.54, 1.807) is 0 Å². The summed E-state index contributed by atoms with van der Waals surface area (Å²) in [6.07, 6.45) is 1.86. The van der Waals surface area contributed by atoms with Gasteiger partial charge < -0.3 is 10.6 Å². The average Bonchev–Trinajstić information content (AvgIpc) is 2.33. The fraction of sp³-hybridized carbons (Fsp3) is 0.643. The Hall–Kier alpha value is -1.13. The van der Waals surface area contributed by atoms with Crippen LogP contribution in [0.15, 0.2) is 18.3 Å². The van der Waals surface area contributed by atoms with Crippen LogP contribution in [0, 0.1) is 0 Å². The van der Waals surface area contributed by atoms with Crippen LogP contribution in [-0.2, 0) is 0 Å². The molecule has 1 aliphatic rings. The van der Waals surface area contributed by atoms with Gasteiger partial charge in [-0.1, -0.05) is 0 Å². The summed E-state index contributed by atoms with van der Waals surface area (Å²) < 4.78 is 0. The van der Waals surface area contributed by atoms with Crippen molar-refractivity contribution in [3.8, 4) is 0 Å². The maximum Gasteiger partial charge on any atom is 0.128 e. The van der Waals surface area contributed by atoms with Gasteiger partial charge in [0.1, 0.15) is 5.82 Å². The van der Waals surface area contributed by atoms with Gasteiger partial charge in [-0.3, -0.25) is 4.90 Å². The largest absolute Gasteiger partial charge is 0.353 e. The normalized spacial score (nSPS) is 21.9. The summed E-state index contributed by atoms with van der Waals surface area (Å²) >= 11 is 0. The van der Waals surface area contributed by atoms with Crippen LogP contribution in [0.3, 0.4) is 0 Å². The van der Waals surface area contributed by atoms with Crippen molar-refractivity contribution in [1.82, 2.24) is 9.88 Å². The van der Waals surface area contributed by atoms with Crippen molar-refractivity contribution in [2.45, 2.75) is 32.4 Å². The molecule has 0 spiro atoms. The van der Waals surface area contributed by atoms with E-state index in [-0.39, 0.29) is 11.6 Å². The van der Waals surface area contributed by atoms with Gasteiger partial charge in [-0.2, -0.15) is 0 Å². The van der Waals surface area contributed by atoms with Crippen molar-refractivity contribution in [3.63, 3.8) is 0 Å². The molecule has 0 bridgehead atoms. The number of nitrogens with two attached hydrogens (primary N) is 1. The van der Waals surface area contributed by atoms with E-state index in [2.05, 4.69) is 41.7 Å². The number of hydrogen-bond acceptors (Lipinski definition) is 4. The van der Waals surface area contributed by atoms with Crippen LogP contribution in [0.5, 0.6) is 0 Å². The molecule has 0 aromatic carbocycles. The minimum Gasteiger partial charge on any atom is -0.353 e. The van der Waals surface area contributed by atoms with Gasteiger partial charge in [0.25, 0.3) is 0 Å². The monoisotopic (exact) mass is 248 g/mol. The second-order valence-electron chi connectivity index (χ2n) is 5.89.